The van der Waals surface area contributed by atoms with Crippen LogP contribution in [0.3, 0.4) is 0 Å². The molecule has 0 spiro atoms. The Bertz CT molecular complexity index is 1340. The Hall–Kier alpha value is -2.55. The van der Waals surface area contributed by atoms with Gasteiger partial charge in [0.05, 0.1) is 24.5 Å². The van der Waals surface area contributed by atoms with E-state index in [4.69, 9.17) is 4.55 Å². The van der Waals surface area contributed by atoms with Gasteiger partial charge in [-0.2, -0.15) is 8.42 Å². The molecule has 0 saturated carbocycles. The van der Waals surface area contributed by atoms with Crippen molar-refractivity contribution in [2.75, 3.05) is 12.9 Å². The summed E-state index contributed by atoms with van der Waals surface area (Å²) in [6, 6.07) is 23.5. The number of hydrogen-bond acceptors (Lipinski definition) is 5. The lowest BCUT2D eigenvalue weighted by molar-refractivity contribution is 0.0404. The molecule has 0 bridgehead atoms. The van der Waals surface area contributed by atoms with Crippen molar-refractivity contribution in [3.63, 3.8) is 0 Å². The van der Waals surface area contributed by atoms with Crippen molar-refractivity contribution >= 4 is 42.4 Å². The number of aliphatic hydroxyl groups is 2. The first-order valence-corrected chi connectivity index (χ1v) is 12.2. The zero-order chi connectivity index (χ0) is 23.5. The van der Waals surface area contributed by atoms with Gasteiger partial charge in [-0.05, 0) is 57.8 Å². The molecule has 0 aliphatic heterocycles. The van der Waals surface area contributed by atoms with Gasteiger partial charge in [0.25, 0.3) is 10.1 Å². The summed E-state index contributed by atoms with van der Waals surface area (Å²) in [4.78, 5) is 0. The Morgan fingerprint density at radius 2 is 1.44 bits per heavy atom. The average molecular weight is 456 g/mol. The molecule has 0 fully saturated rings. The summed E-state index contributed by atoms with van der Waals surface area (Å²) in [6.07, 6.45) is 0.0579. The molecule has 0 radical (unpaired) electrons. The van der Waals surface area contributed by atoms with E-state index in [1.165, 1.54) is 32.3 Å². The normalized spacial score (nSPS) is 14.7. The lowest BCUT2D eigenvalue weighted by Crippen LogP contribution is -2.53. The van der Waals surface area contributed by atoms with Crippen LogP contribution in [0.4, 0.5) is 0 Å². The highest BCUT2D eigenvalue weighted by Gasteiger charge is 2.28. The van der Waals surface area contributed by atoms with Crippen LogP contribution in [-0.4, -0.2) is 47.7 Å². The van der Waals surface area contributed by atoms with E-state index in [2.05, 4.69) is 72.0 Å². The second-order valence-electron chi connectivity index (χ2n) is 8.30. The molecule has 32 heavy (non-hydrogen) atoms. The first kappa shape index (κ1) is 24.1. The van der Waals surface area contributed by atoms with Gasteiger partial charge in [0.1, 0.15) is 0 Å². The van der Waals surface area contributed by atoms with Gasteiger partial charge in [-0.25, -0.2) is 0 Å². The molecule has 170 valence electrons. The van der Waals surface area contributed by atoms with Crippen molar-refractivity contribution < 1.29 is 23.2 Å². The number of hydrogen-bond donors (Lipinski definition) is 4. The molecule has 0 unspecified atom stereocenters. The van der Waals surface area contributed by atoms with Crippen LogP contribution < -0.4 is 5.32 Å². The van der Waals surface area contributed by atoms with E-state index in [0.717, 1.165) is 5.56 Å². The smallest absolute Gasteiger partial charge is 0.261 e. The van der Waals surface area contributed by atoms with E-state index in [9.17, 15) is 18.6 Å². The summed E-state index contributed by atoms with van der Waals surface area (Å²) in [5.41, 5.74) is 0.421. The molecular weight excluding hydrogens is 426 g/mol. The third kappa shape index (κ3) is 5.43. The van der Waals surface area contributed by atoms with Crippen molar-refractivity contribution in [1.29, 1.82) is 0 Å². The van der Waals surface area contributed by atoms with Crippen molar-refractivity contribution in [3.05, 3.63) is 72.3 Å². The highest BCUT2D eigenvalue weighted by molar-refractivity contribution is 7.85. The van der Waals surface area contributed by atoms with Crippen LogP contribution in [0.25, 0.3) is 32.3 Å². The van der Waals surface area contributed by atoms with Crippen LogP contribution in [0.1, 0.15) is 19.4 Å². The van der Waals surface area contributed by atoms with Crippen molar-refractivity contribution in [2.45, 2.75) is 32.0 Å². The molecular formula is C25H29NO5S. The maximum Gasteiger partial charge on any atom is 0.261 e. The minimum atomic E-state index is -3.67. The van der Waals surface area contributed by atoms with Gasteiger partial charge in [-0.15, -0.1) is 0 Å². The molecule has 0 aliphatic rings. The topological polar surface area (TPSA) is 107 Å². The number of aliphatic hydroxyl groups excluding tert-OH is 2. The van der Waals surface area contributed by atoms with E-state index in [1.54, 1.807) is 6.92 Å². The predicted octanol–water partition coefficient (Wildman–Crippen LogP) is 3.87. The Morgan fingerprint density at radius 1 is 0.906 bits per heavy atom. The number of rotatable bonds is 5. The Kier molecular flexibility index (Phi) is 7.17. The summed E-state index contributed by atoms with van der Waals surface area (Å²) >= 11 is 0. The third-order valence-electron chi connectivity index (χ3n) is 5.79. The van der Waals surface area contributed by atoms with Gasteiger partial charge in [0.2, 0.25) is 0 Å². The van der Waals surface area contributed by atoms with Crippen LogP contribution in [0, 0.1) is 0 Å². The van der Waals surface area contributed by atoms with Gasteiger partial charge in [-0.1, -0.05) is 60.7 Å². The molecule has 0 amide bonds. The maximum atomic E-state index is 10.1. The van der Waals surface area contributed by atoms with Crippen molar-refractivity contribution in [3.8, 4) is 0 Å². The zero-order valence-electron chi connectivity index (χ0n) is 18.4. The van der Waals surface area contributed by atoms with E-state index in [-0.39, 0.29) is 6.61 Å². The molecule has 0 aromatic heterocycles. The number of nitrogens with one attached hydrogen (secondary N) is 1. The van der Waals surface area contributed by atoms with Crippen LogP contribution in [0.2, 0.25) is 0 Å². The molecule has 0 saturated heterocycles. The first-order valence-electron chi connectivity index (χ1n) is 10.3. The molecule has 0 aliphatic carbocycles. The number of fused-ring (bicyclic) bond motifs is 5. The molecule has 4 aromatic rings. The summed E-state index contributed by atoms with van der Waals surface area (Å²) in [7, 11) is -3.67. The molecule has 4 N–H and O–H groups in total. The summed E-state index contributed by atoms with van der Waals surface area (Å²) < 4.78 is 25.9. The van der Waals surface area contributed by atoms with Crippen LogP contribution in [0.5, 0.6) is 0 Å². The molecule has 0 heterocycles. The summed E-state index contributed by atoms with van der Waals surface area (Å²) in [5.74, 6) is 0. The minimum Gasteiger partial charge on any atom is -0.394 e. The molecule has 6 nitrogen and oxygen atoms in total. The van der Waals surface area contributed by atoms with E-state index in [0.29, 0.717) is 12.8 Å². The standard InChI is InChI=1S/C24H25NO2.CH4O3S/c1-16(27)24(2,15-26)25-14-18-13-23-19-8-4-3-7-17(19)11-12-22(23)21-10-6-5-9-20(18)21;1-5(2,3)4/h3-13,16,25-27H,14-15H2,1-2H3;1H3,(H,2,3,4)/t16-,24+;/m0./s1. The first-order chi connectivity index (χ1) is 15.0. The van der Waals surface area contributed by atoms with Gasteiger partial charge in [-0.3, -0.25) is 4.55 Å². The summed E-state index contributed by atoms with van der Waals surface area (Å²) in [5, 5.41) is 30.5. The van der Waals surface area contributed by atoms with Crippen molar-refractivity contribution in [1.82, 2.24) is 5.32 Å². The highest BCUT2D eigenvalue weighted by atomic mass is 32.2. The Balaban J connectivity index is 0.000000523. The lowest BCUT2D eigenvalue weighted by atomic mass is 9.92. The summed E-state index contributed by atoms with van der Waals surface area (Å²) in [6.45, 7) is 3.99. The molecule has 4 aromatic carbocycles. The Morgan fingerprint density at radius 3 is 2.03 bits per heavy atom. The fourth-order valence-corrected chi connectivity index (χ4v) is 3.72. The SMILES string of the molecule is CS(=O)(=O)O.C[C@H](O)[C@@](C)(CO)NCc1cc2c3ccccc3ccc2c2ccccc12. The predicted molar refractivity (Wildman–Crippen MR) is 130 cm³/mol. The monoisotopic (exact) mass is 455 g/mol. The fraction of sp³-hybridized carbons (Fsp3) is 0.280. The average Bonchev–Trinajstić information content (AvgIpc) is 2.75. The Labute approximate surface area is 188 Å². The minimum absolute atomic E-state index is 0.126. The molecule has 2 atom stereocenters. The van der Waals surface area contributed by atoms with Crippen LogP contribution in [0.15, 0.2) is 66.7 Å². The fourth-order valence-electron chi connectivity index (χ4n) is 3.72. The molecule has 4 rings (SSSR count). The van der Waals surface area contributed by atoms with E-state index in [1.807, 2.05) is 6.92 Å². The van der Waals surface area contributed by atoms with Crippen LogP contribution in [-0.2, 0) is 16.7 Å². The second-order valence-corrected chi connectivity index (χ2v) is 9.77. The highest BCUT2D eigenvalue weighted by Crippen LogP contribution is 2.33. The lowest BCUT2D eigenvalue weighted by Gasteiger charge is -2.32. The maximum absolute atomic E-state index is 10.1. The van der Waals surface area contributed by atoms with Crippen molar-refractivity contribution in [2.24, 2.45) is 0 Å². The van der Waals surface area contributed by atoms with Gasteiger partial charge in [0, 0.05) is 6.54 Å². The number of benzene rings is 4. The third-order valence-corrected chi connectivity index (χ3v) is 5.79. The van der Waals surface area contributed by atoms with Crippen LogP contribution >= 0.6 is 0 Å². The van der Waals surface area contributed by atoms with Gasteiger partial charge in [0.15, 0.2) is 0 Å². The zero-order valence-corrected chi connectivity index (χ0v) is 19.2. The van der Waals surface area contributed by atoms with Gasteiger partial charge < -0.3 is 15.5 Å². The second kappa shape index (κ2) is 9.52. The van der Waals surface area contributed by atoms with E-state index < -0.39 is 21.8 Å². The quantitative estimate of drug-likeness (QED) is 0.269. The molecule has 7 heteroatoms. The van der Waals surface area contributed by atoms with Gasteiger partial charge >= 0.3 is 0 Å². The largest absolute Gasteiger partial charge is 0.394 e. The van der Waals surface area contributed by atoms with E-state index >= 15 is 0 Å².